The van der Waals surface area contributed by atoms with Crippen LogP contribution in [0.5, 0.6) is 0 Å². The van der Waals surface area contributed by atoms with Gasteiger partial charge in [-0.05, 0) is 41.8 Å². The molecule has 1 heterocycles. The highest BCUT2D eigenvalue weighted by molar-refractivity contribution is 14.1. The zero-order chi connectivity index (χ0) is 14.4. The van der Waals surface area contributed by atoms with Gasteiger partial charge in [0.15, 0.2) is 0 Å². The van der Waals surface area contributed by atoms with E-state index in [1.165, 1.54) is 0 Å². The van der Waals surface area contributed by atoms with Crippen LogP contribution in [0.1, 0.15) is 0 Å². The number of ether oxygens (including phenoxy) is 1. The molecule has 1 atom stereocenters. The molecule has 0 aromatic heterocycles. The van der Waals surface area contributed by atoms with Crippen LogP contribution >= 0.6 is 22.6 Å². The molecule has 1 saturated heterocycles. The van der Waals surface area contributed by atoms with E-state index in [1.807, 2.05) is 36.2 Å². The molecule has 1 aromatic rings. The van der Waals surface area contributed by atoms with Gasteiger partial charge in [-0.1, -0.05) is 12.1 Å². The van der Waals surface area contributed by atoms with Crippen molar-refractivity contribution in [3.63, 3.8) is 0 Å². The van der Waals surface area contributed by atoms with Gasteiger partial charge in [0.25, 0.3) is 0 Å². The van der Waals surface area contributed by atoms with Gasteiger partial charge in [-0.3, -0.25) is 9.69 Å². The van der Waals surface area contributed by atoms with Gasteiger partial charge < -0.3 is 15.4 Å². The van der Waals surface area contributed by atoms with Gasteiger partial charge in [-0.15, -0.1) is 0 Å². The molecule has 2 rings (SSSR count). The molecule has 0 saturated carbocycles. The fourth-order valence-corrected chi connectivity index (χ4v) is 2.67. The van der Waals surface area contributed by atoms with Gasteiger partial charge in [0.1, 0.15) is 0 Å². The normalized spacial score (nSPS) is 19.1. The van der Waals surface area contributed by atoms with E-state index < -0.39 is 0 Å². The summed E-state index contributed by atoms with van der Waals surface area (Å²) in [4.78, 5) is 14.0. The lowest BCUT2D eigenvalue weighted by Crippen LogP contribution is -2.45. The summed E-state index contributed by atoms with van der Waals surface area (Å²) in [6.45, 7) is 3.62. The Balaban J connectivity index is 1.77. The second-order valence-corrected chi connectivity index (χ2v) is 6.08. The molecule has 110 valence electrons. The summed E-state index contributed by atoms with van der Waals surface area (Å²) >= 11 is 2.22. The fourth-order valence-electron chi connectivity index (χ4n) is 2.15. The summed E-state index contributed by atoms with van der Waals surface area (Å²) in [5.74, 6) is 0.000356. The van der Waals surface area contributed by atoms with Crippen molar-refractivity contribution >= 4 is 34.2 Å². The quantitative estimate of drug-likeness (QED) is 0.743. The molecule has 6 heteroatoms. The van der Waals surface area contributed by atoms with Crippen molar-refractivity contribution in [2.75, 3.05) is 45.2 Å². The Morgan fingerprint density at radius 2 is 2.35 bits per heavy atom. The highest BCUT2D eigenvalue weighted by Gasteiger charge is 2.17. The number of hydrogen-bond acceptors (Lipinski definition) is 4. The van der Waals surface area contributed by atoms with Crippen molar-refractivity contribution in [3.8, 4) is 0 Å². The average Bonchev–Trinajstić information content (AvgIpc) is 2.42. The van der Waals surface area contributed by atoms with Crippen molar-refractivity contribution < 1.29 is 9.53 Å². The van der Waals surface area contributed by atoms with Gasteiger partial charge >= 0.3 is 0 Å². The Kier molecular flexibility index (Phi) is 6.21. The first kappa shape index (κ1) is 15.7. The number of amides is 1. The third-order valence-corrected chi connectivity index (χ3v) is 4.02. The van der Waals surface area contributed by atoms with E-state index in [1.54, 1.807) is 0 Å². The second-order valence-electron chi connectivity index (χ2n) is 4.92. The molecular formula is C14H20IN3O2. The van der Waals surface area contributed by atoms with Crippen LogP contribution in [0.2, 0.25) is 0 Å². The molecule has 1 aliphatic rings. The Bertz CT molecular complexity index is 450. The number of halogens is 1. The molecule has 1 aromatic carbocycles. The Morgan fingerprint density at radius 3 is 3.05 bits per heavy atom. The molecule has 20 heavy (non-hydrogen) atoms. The van der Waals surface area contributed by atoms with Crippen molar-refractivity contribution in [2.45, 2.75) is 6.10 Å². The number of benzene rings is 1. The van der Waals surface area contributed by atoms with E-state index in [2.05, 4.69) is 33.2 Å². The third-order valence-electron chi connectivity index (χ3n) is 3.08. The second kappa shape index (κ2) is 7.92. The van der Waals surface area contributed by atoms with Gasteiger partial charge in [0.05, 0.1) is 24.9 Å². The summed E-state index contributed by atoms with van der Waals surface area (Å²) in [6, 6.07) is 7.76. The maximum absolute atomic E-state index is 12.0. The lowest BCUT2D eigenvalue weighted by Gasteiger charge is -2.27. The third kappa shape index (κ3) is 5.01. The first-order valence-corrected chi connectivity index (χ1v) is 7.78. The van der Waals surface area contributed by atoms with Crippen molar-refractivity contribution in [1.29, 1.82) is 0 Å². The van der Waals surface area contributed by atoms with E-state index in [9.17, 15) is 4.79 Å². The Labute approximate surface area is 133 Å². The lowest BCUT2D eigenvalue weighted by atomic mass is 10.3. The largest absolute Gasteiger partial charge is 0.374 e. The lowest BCUT2D eigenvalue weighted by molar-refractivity contribution is -0.117. The number of likely N-dealkylation sites (N-methyl/N-ethyl adjacent to an activating group) is 1. The van der Waals surface area contributed by atoms with Crippen molar-refractivity contribution in [3.05, 3.63) is 27.8 Å². The topological polar surface area (TPSA) is 53.6 Å². The molecule has 5 nitrogen and oxygen atoms in total. The van der Waals surface area contributed by atoms with E-state index in [-0.39, 0.29) is 12.0 Å². The molecule has 1 unspecified atom stereocenters. The number of hydrogen-bond donors (Lipinski definition) is 2. The highest BCUT2D eigenvalue weighted by atomic mass is 127. The zero-order valence-corrected chi connectivity index (χ0v) is 13.7. The number of para-hydroxylation sites is 1. The van der Waals surface area contributed by atoms with Crippen LogP contribution in [0.15, 0.2) is 24.3 Å². The minimum absolute atomic E-state index is 0.000356. The number of nitrogens with zero attached hydrogens (tertiary/aromatic N) is 1. The van der Waals surface area contributed by atoms with Crippen LogP contribution in [0.3, 0.4) is 0 Å². The molecule has 1 aliphatic heterocycles. The van der Waals surface area contributed by atoms with E-state index in [0.29, 0.717) is 6.54 Å². The summed E-state index contributed by atoms with van der Waals surface area (Å²) in [7, 11) is 1.94. The van der Waals surface area contributed by atoms with E-state index >= 15 is 0 Å². The standard InChI is InChI=1S/C14H20IN3O2/c1-18(9-11-8-16-6-7-20-11)10-14(19)17-13-5-3-2-4-12(13)15/h2-5,11,16H,6-10H2,1H3,(H,17,19). The minimum atomic E-state index is 0.000356. The molecular weight excluding hydrogens is 369 g/mol. The first-order chi connectivity index (χ1) is 9.65. The smallest absolute Gasteiger partial charge is 0.238 e. The summed E-state index contributed by atoms with van der Waals surface area (Å²) in [6.07, 6.45) is 0.165. The maximum atomic E-state index is 12.0. The van der Waals surface area contributed by atoms with E-state index in [4.69, 9.17) is 4.74 Å². The SMILES string of the molecule is CN(CC(=O)Nc1ccccc1I)CC1CNCCO1. The Morgan fingerprint density at radius 1 is 1.55 bits per heavy atom. The first-order valence-electron chi connectivity index (χ1n) is 6.70. The maximum Gasteiger partial charge on any atom is 0.238 e. The predicted molar refractivity (Wildman–Crippen MR) is 87.9 cm³/mol. The number of carbonyl (C=O) groups excluding carboxylic acids is 1. The molecule has 0 aliphatic carbocycles. The Hall–Kier alpha value is -0.700. The van der Waals surface area contributed by atoms with Crippen LogP contribution in [0, 0.1) is 3.57 Å². The average molecular weight is 389 g/mol. The number of carbonyl (C=O) groups is 1. The monoisotopic (exact) mass is 389 g/mol. The summed E-state index contributed by atoms with van der Waals surface area (Å²) in [5, 5.41) is 6.22. The summed E-state index contributed by atoms with van der Waals surface area (Å²) < 4.78 is 6.67. The van der Waals surface area contributed by atoms with Gasteiger partial charge in [0.2, 0.25) is 5.91 Å². The molecule has 1 amide bonds. The molecule has 1 fully saturated rings. The van der Waals surface area contributed by atoms with Gasteiger partial charge in [-0.2, -0.15) is 0 Å². The number of nitrogens with one attached hydrogen (secondary N) is 2. The van der Waals surface area contributed by atoms with Crippen molar-refractivity contribution in [2.24, 2.45) is 0 Å². The predicted octanol–water partition coefficient (Wildman–Crippen LogP) is 1.15. The molecule has 0 spiro atoms. The molecule has 0 bridgehead atoms. The fraction of sp³-hybridized carbons (Fsp3) is 0.500. The number of rotatable bonds is 5. The van der Waals surface area contributed by atoms with Crippen LogP contribution < -0.4 is 10.6 Å². The van der Waals surface area contributed by atoms with Crippen LogP contribution in [-0.2, 0) is 9.53 Å². The van der Waals surface area contributed by atoms with Gasteiger partial charge in [-0.25, -0.2) is 0 Å². The molecule has 0 radical (unpaired) electrons. The number of morpholine rings is 1. The number of anilines is 1. The van der Waals surface area contributed by atoms with Crippen molar-refractivity contribution in [1.82, 2.24) is 10.2 Å². The zero-order valence-electron chi connectivity index (χ0n) is 11.6. The van der Waals surface area contributed by atoms with Crippen LogP contribution in [-0.4, -0.2) is 56.7 Å². The van der Waals surface area contributed by atoms with Crippen LogP contribution in [0.4, 0.5) is 5.69 Å². The van der Waals surface area contributed by atoms with E-state index in [0.717, 1.165) is 35.5 Å². The van der Waals surface area contributed by atoms with Crippen LogP contribution in [0.25, 0.3) is 0 Å². The van der Waals surface area contributed by atoms with Gasteiger partial charge in [0, 0.05) is 23.2 Å². The minimum Gasteiger partial charge on any atom is -0.374 e. The highest BCUT2D eigenvalue weighted by Crippen LogP contribution is 2.16. The summed E-state index contributed by atoms with van der Waals surface area (Å²) in [5.41, 5.74) is 0.863. The molecule has 2 N–H and O–H groups in total.